The molecule has 11 heavy (non-hydrogen) atoms. The second-order valence-corrected chi connectivity index (χ2v) is 4.10. The number of fused-ring (bicyclic) bond motifs is 2. The smallest absolute Gasteiger partial charge is 0.136 e. The summed E-state index contributed by atoms with van der Waals surface area (Å²) in [5.41, 5.74) is 0. The first-order valence-electron chi connectivity index (χ1n) is 4.01. The summed E-state index contributed by atoms with van der Waals surface area (Å²) < 4.78 is 0. The number of carbonyl (C=O) groups is 1. The molecular formula is C8H11ClO2. The van der Waals surface area contributed by atoms with Crippen LogP contribution in [0.1, 0.15) is 12.8 Å². The molecule has 0 aromatic rings. The van der Waals surface area contributed by atoms with Crippen molar-refractivity contribution in [2.24, 2.45) is 17.8 Å². The summed E-state index contributed by atoms with van der Waals surface area (Å²) in [5, 5.41) is 9.11. The summed E-state index contributed by atoms with van der Waals surface area (Å²) in [4.78, 5) is 11.2. The van der Waals surface area contributed by atoms with E-state index in [-0.39, 0.29) is 29.7 Å². The molecule has 2 rings (SSSR count). The number of alkyl halides is 1. The highest BCUT2D eigenvalue weighted by molar-refractivity contribution is 6.21. The van der Waals surface area contributed by atoms with Gasteiger partial charge in [0.05, 0.1) is 0 Å². The van der Waals surface area contributed by atoms with Crippen LogP contribution in [0, 0.1) is 17.8 Å². The Balaban J connectivity index is 2.20. The van der Waals surface area contributed by atoms with Crippen molar-refractivity contribution in [3.05, 3.63) is 0 Å². The average Bonchev–Trinajstić information content (AvgIpc) is 2.42. The lowest BCUT2D eigenvalue weighted by atomic mass is 9.99. The third-order valence-electron chi connectivity index (χ3n) is 3.07. The van der Waals surface area contributed by atoms with E-state index in [0.717, 1.165) is 6.42 Å². The molecule has 4 atom stereocenters. The van der Waals surface area contributed by atoms with Gasteiger partial charge in [-0.05, 0) is 18.3 Å². The minimum absolute atomic E-state index is 0.0764. The van der Waals surface area contributed by atoms with Crippen molar-refractivity contribution in [3.8, 4) is 0 Å². The molecule has 0 aromatic heterocycles. The van der Waals surface area contributed by atoms with Crippen LogP contribution >= 0.6 is 11.6 Å². The molecule has 0 heterocycles. The quantitative estimate of drug-likeness (QED) is 0.598. The molecule has 2 nitrogen and oxygen atoms in total. The number of aliphatic hydroxyl groups is 1. The first-order valence-corrected chi connectivity index (χ1v) is 4.45. The van der Waals surface area contributed by atoms with Crippen LogP contribution in [-0.4, -0.2) is 22.9 Å². The van der Waals surface area contributed by atoms with Crippen LogP contribution in [0.25, 0.3) is 0 Å². The van der Waals surface area contributed by atoms with E-state index in [0.29, 0.717) is 12.2 Å². The van der Waals surface area contributed by atoms with Crippen LogP contribution in [0.2, 0.25) is 0 Å². The maximum atomic E-state index is 11.2. The molecule has 2 aliphatic carbocycles. The highest BCUT2D eigenvalue weighted by Crippen LogP contribution is 2.49. The lowest BCUT2D eigenvalue weighted by Crippen LogP contribution is -2.16. The molecule has 0 radical (unpaired) electrons. The maximum absolute atomic E-state index is 11.2. The second kappa shape index (κ2) is 2.46. The van der Waals surface area contributed by atoms with Gasteiger partial charge in [0.1, 0.15) is 5.78 Å². The van der Waals surface area contributed by atoms with Crippen molar-refractivity contribution in [3.63, 3.8) is 0 Å². The Hall–Kier alpha value is -0.0800. The third kappa shape index (κ3) is 0.926. The molecule has 62 valence electrons. The highest BCUT2D eigenvalue weighted by atomic mass is 35.5. The Morgan fingerprint density at radius 2 is 2.36 bits per heavy atom. The normalized spacial score (nSPS) is 48.7. The SMILES string of the molecule is O=C1C[C@@H]2[C@@H](CO)[C@H]1C[C@H]2Cl. The summed E-state index contributed by atoms with van der Waals surface area (Å²) in [6.45, 7) is 0.129. The number of hydrogen-bond donors (Lipinski definition) is 1. The number of hydrogen-bond acceptors (Lipinski definition) is 2. The van der Waals surface area contributed by atoms with Crippen LogP contribution in [0.15, 0.2) is 0 Å². The van der Waals surface area contributed by atoms with E-state index < -0.39 is 0 Å². The van der Waals surface area contributed by atoms with Gasteiger partial charge in [0.2, 0.25) is 0 Å². The Morgan fingerprint density at radius 1 is 1.64 bits per heavy atom. The van der Waals surface area contributed by atoms with E-state index in [4.69, 9.17) is 16.7 Å². The average molecular weight is 175 g/mol. The fourth-order valence-electron chi connectivity index (χ4n) is 2.45. The third-order valence-corrected chi connectivity index (χ3v) is 3.57. The summed E-state index contributed by atoms with van der Waals surface area (Å²) >= 11 is 5.98. The zero-order valence-corrected chi connectivity index (χ0v) is 6.92. The first kappa shape index (κ1) is 7.56. The predicted molar refractivity (Wildman–Crippen MR) is 41.4 cm³/mol. The molecule has 0 amide bonds. The molecule has 2 aliphatic rings. The van der Waals surface area contributed by atoms with E-state index in [1.807, 2.05) is 0 Å². The second-order valence-electron chi connectivity index (χ2n) is 3.54. The van der Waals surface area contributed by atoms with E-state index in [2.05, 4.69) is 0 Å². The van der Waals surface area contributed by atoms with Crippen LogP contribution in [0.4, 0.5) is 0 Å². The summed E-state index contributed by atoms with van der Waals surface area (Å²) in [7, 11) is 0. The van der Waals surface area contributed by atoms with Crippen molar-refractivity contribution in [2.45, 2.75) is 18.2 Å². The Labute approximate surface area is 70.5 Å². The fourth-order valence-corrected chi connectivity index (χ4v) is 2.92. The van der Waals surface area contributed by atoms with Crippen LogP contribution in [0.5, 0.6) is 0 Å². The van der Waals surface area contributed by atoms with E-state index in [1.165, 1.54) is 0 Å². The molecule has 1 N–H and O–H groups in total. The first-order chi connectivity index (χ1) is 5.24. The molecule has 0 aromatic carbocycles. The van der Waals surface area contributed by atoms with Crippen molar-refractivity contribution in [1.29, 1.82) is 0 Å². The zero-order valence-electron chi connectivity index (χ0n) is 6.16. The predicted octanol–water partition coefficient (Wildman–Crippen LogP) is 0.811. The Kier molecular flexibility index (Phi) is 1.69. The Morgan fingerprint density at radius 3 is 2.73 bits per heavy atom. The van der Waals surface area contributed by atoms with Gasteiger partial charge in [0.25, 0.3) is 0 Å². The van der Waals surface area contributed by atoms with Crippen molar-refractivity contribution in [1.82, 2.24) is 0 Å². The van der Waals surface area contributed by atoms with Crippen LogP contribution < -0.4 is 0 Å². The highest BCUT2D eigenvalue weighted by Gasteiger charge is 2.51. The number of rotatable bonds is 1. The minimum Gasteiger partial charge on any atom is -0.396 e. The number of carbonyl (C=O) groups excluding carboxylic acids is 1. The van der Waals surface area contributed by atoms with Crippen molar-refractivity contribution >= 4 is 17.4 Å². The maximum Gasteiger partial charge on any atom is 0.136 e. The van der Waals surface area contributed by atoms with Crippen LogP contribution in [-0.2, 0) is 4.79 Å². The summed E-state index contributed by atoms with van der Waals surface area (Å²) in [6, 6.07) is 0. The molecule has 2 fully saturated rings. The summed E-state index contributed by atoms with van der Waals surface area (Å²) in [5.74, 6) is 0.822. The molecule has 2 bridgehead atoms. The Bertz CT molecular complexity index is 193. The van der Waals surface area contributed by atoms with Gasteiger partial charge in [0, 0.05) is 24.3 Å². The lowest BCUT2D eigenvalue weighted by Gasteiger charge is -2.13. The molecular weight excluding hydrogens is 164 g/mol. The molecule has 2 saturated carbocycles. The standard InChI is InChI=1S/C8H11ClO2/c9-7-1-5-6(3-10)4(7)2-8(5)11/h4-7,10H,1-3H2/t4-,5-,6-,7-/m1/s1. The zero-order chi connectivity index (χ0) is 8.01. The van der Waals surface area contributed by atoms with Gasteiger partial charge in [-0.25, -0.2) is 0 Å². The van der Waals surface area contributed by atoms with E-state index >= 15 is 0 Å². The largest absolute Gasteiger partial charge is 0.396 e. The number of halogens is 1. The molecule has 0 saturated heterocycles. The number of aliphatic hydroxyl groups excluding tert-OH is 1. The molecule has 0 spiro atoms. The van der Waals surface area contributed by atoms with Gasteiger partial charge >= 0.3 is 0 Å². The fraction of sp³-hybridized carbons (Fsp3) is 0.875. The van der Waals surface area contributed by atoms with Gasteiger partial charge in [-0.15, -0.1) is 11.6 Å². The molecule has 0 unspecified atom stereocenters. The monoisotopic (exact) mass is 174 g/mol. The minimum atomic E-state index is 0.0764. The number of ketones is 1. The lowest BCUT2D eigenvalue weighted by molar-refractivity contribution is -0.122. The van der Waals surface area contributed by atoms with Crippen LogP contribution in [0.3, 0.4) is 0 Å². The van der Waals surface area contributed by atoms with Crippen molar-refractivity contribution in [2.75, 3.05) is 6.61 Å². The van der Waals surface area contributed by atoms with E-state index in [1.54, 1.807) is 0 Å². The van der Waals surface area contributed by atoms with Crippen molar-refractivity contribution < 1.29 is 9.90 Å². The van der Waals surface area contributed by atoms with Gasteiger partial charge in [0.15, 0.2) is 0 Å². The molecule has 3 heteroatoms. The van der Waals surface area contributed by atoms with Gasteiger partial charge < -0.3 is 5.11 Å². The topological polar surface area (TPSA) is 37.3 Å². The van der Waals surface area contributed by atoms with Gasteiger partial charge in [-0.1, -0.05) is 0 Å². The summed E-state index contributed by atoms with van der Waals surface area (Å²) in [6.07, 6.45) is 1.39. The number of Topliss-reactive ketones (excluding diaryl/α,β-unsaturated/α-hetero) is 1. The van der Waals surface area contributed by atoms with E-state index in [9.17, 15) is 4.79 Å². The van der Waals surface area contributed by atoms with Gasteiger partial charge in [-0.2, -0.15) is 0 Å². The molecule has 0 aliphatic heterocycles. The van der Waals surface area contributed by atoms with Gasteiger partial charge in [-0.3, -0.25) is 4.79 Å².